The third-order valence-electron chi connectivity index (χ3n) is 5.97. The Kier molecular flexibility index (Phi) is 5.02. The van der Waals surface area contributed by atoms with Gasteiger partial charge in [0, 0.05) is 42.8 Å². The molecule has 5 rings (SSSR count). The highest BCUT2D eigenvalue weighted by molar-refractivity contribution is 5.89. The van der Waals surface area contributed by atoms with Crippen LogP contribution < -0.4 is 0 Å². The lowest BCUT2D eigenvalue weighted by Gasteiger charge is -2.31. The van der Waals surface area contributed by atoms with Crippen LogP contribution in [0.3, 0.4) is 0 Å². The third-order valence-corrected chi connectivity index (χ3v) is 5.97. The Bertz CT molecular complexity index is 1250. The molecule has 3 heterocycles. The van der Waals surface area contributed by atoms with E-state index < -0.39 is 0 Å². The SMILES string of the molecule is Cn1cc(CC(=O)N2CCCC(c3nc(-c4cccc(F)c4)no3)C2)c2ccccc21. The first-order valence-corrected chi connectivity index (χ1v) is 10.5. The summed E-state index contributed by atoms with van der Waals surface area (Å²) in [4.78, 5) is 19.4. The van der Waals surface area contributed by atoms with Gasteiger partial charge in [-0.3, -0.25) is 4.79 Å². The van der Waals surface area contributed by atoms with Crippen molar-refractivity contribution in [2.45, 2.75) is 25.2 Å². The fourth-order valence-electron chi connectivity index (χ4n) is 4.39. The van der Waals surface area contributed by atoms with E-state index in [1.807, 2.05) is 30.3 Å². The van der Waals surface area contributed by atoms with Crippen LogP contribution in [0.1, 0.15) is 30.2 Å². The second kappa shape index (κ2) is 7.98. The summed E-state index contributed by atoms with van der Waals surface area (Å²) in [6, 6.07) is 14.3. The normalized spacial score (nSPS) is 16.7. The fraction of sp³-hybridized carbons (Fsp3) is 0.292. The number of amides is 1. The predicted molar refractivity (Wildman–Crippen MR) is 115 cm³/mol. The van der Waals surface area contributed by atoms with E-state index in [0.29, 0.717) is 30.2 Å². The Balaban J connectivity index is 1.31. The van der Waals surface area contributed by atoms with Gasteiger partial charge in [0.15, 0.2) is 0 Å². The highest BCUT2D eigenvalue weighted by Gasteiger charge is 2.29. The smallest absolute Gasteiger partial charge is 0.231 e. The van der Waals surface area contributed by atoms with Gasteiger partial charge >= 0.3 is 0 Å². The number of benzene rings is 2. The number of aryl methyl sites for hydroxylation is 1. The highest BCUT2D eigenvalue weighted by atomic mass is 19.1. The molecule has 2 aromatic carbocycles. The second-order valence-electron chi connectivity index (χ2n) is 8.10. The molecule has 6 nitrogen and oxygen atoms in total. The number of likely N-dealkylation sites (tertiary alicyclic amines) is 1. The summed E-state index contributed by atoms with van der Waals surface area (Å²) >= 11 is 0. The van der Waals surface area contributed by atoms with E-state index in [9.17, 15) is 9.18 Å². The average molecular weight is 418 g/mol. The van der Waals surface area contributed by atoms with Crippen LogP contribution in [-0.2, 0) is 18.3 Å². The minimum absolute atomic E-state index is 0.0139. The highest BCUT2D eigenvalue weighted by Crippen LogP contribution is 2.29. The topological polar surface area (TPSA) is 64.2 Å². The summed E-state index contributed by atoms with van der Waals surface area (Å²) < 4.78 is 21.0. The number of halogens is 1. The zero-order valence-corrected chi connectivity index (χ0v) is 17.3. The number of para-hydroxylation sites is 1. The van der Waals surface area contributed by atoms with E-state index in [4.69, 9.17) is 4.52 Å². The zero-order valence-electron chi connectivity index (χ0n) is 17.3. The predicted octanol–water partition coefficient (Wildman–Crippen LogP) is 4.32. The van der Waals surface area contributed by atoms with Crippen molar-refractivity contribution in [1.29, 1.82) is 0 Å². The summed E-state index contributed by atoms with van der Waals surface area (Å²) in [5.74, 6) is 0.619. The molecule has 1 saturated heterocycles. The van der Waals surface area contributed by atoms with Gasteiger partial charge in [0.2, 0.25) is 17.6 Å². The molecule has 0 radical (unpaired) electrons. The number of carbonyl (C=O) groups is 1. The summed E-state index contributed by atoms with van der Waals surface area (Å²) in [7, 11) is 2.00. The molecular formula is C24H23FN4O2. The summed E-state index contributed by atoms with van der Waals surface area (Å²) in [5, 5.41) is 5.13. The van der Waals surface area contributed by atoms with E-state index in [-0.39, 0.29) is 17.6 Å². The van der Waals surface area contributed by atoms with Crippen LogP contribution in [0, 0.1) is 5.82 Å². The van der Waals surface area contributed by atoms with Crippen LogP contribution in [-0.4, -0.2) is 38.6 Å². The number of hydrogen-bond acceptors (Lipinski definition) is 4. The molecule has 31 heavy (non-hydrogen) atoms. The molecule has 1 unspecified atom stereocenters. The second-order valence-corrected chi connectivity index (χ2v) is 8.10. The van der Waals surface area contributed by atoms with E-state index in [1.54, 1.807) is 12.1 Å². The van der Waals surface area contributed by atoms with Crippen molar-refractivity contribution in [3.8, 4) is 11.4 Å². The first-order valence-electron chi connectivity index (χ1n) is 10.5. The molecule has 0 N–H and O–H groups in total. The number of fused-ring (bicyclic) bond motifs is 1. The molecule has 158 valence electrons. The molecule has 1 aliphatic heterocycles. The minimum Gasteiger partial charge on any atom is -0.350 e. The van der Waals surface area contributed by atoms with Crippen LogP contribution in [0.25, 0.3) is 22.3 Å². The summed E-state index contributed by atoms with van der Waals surface area (Å²) in [6.45, 7) is 1.28. The van der Waals surface area contributed by atoms with Crippen LogP contribution in [0.4, 0.5) is 4.39 Å². The van der Waals surface area contributed by atoms with Crippen molar-refractivity contribution in [2.75, 3.05) is 13.1 Å². The maximum Gasteiger partial charge on any atom is 0.231 e. The van der Waals surface area contributed by atoms with E-state index in [2.05, 4.69) is 26.8 Å². The van der Waals surface area contributed by atoms with Gasteiger partial charge in [0.25, 0.3) is 0 Å². The molecule has 4 aromatic rings. The maximum atomic E-state index is 13.5. The van der Waals surface area contributed by atoms with Crippen LogP contribution in [0.5, 0.6) is 0 Å². The molecule has 1 amide bonds. The Labute approximate surface area is 179 Å². The third kappa shape index (κ3) is 3.83. The van der Waals surface area contributed by atoms with Gasteiger partial charge in [-0.15, -0.1) is 0 Å². The van der Waals surface area contributed by atoms with Gasteiger partial charge in [-0.25, -0.2) is 4.39 Å². The van der Waals surface area contributed by atoms with Gasteiger partial charge in [0.1, 0.15) is 5.82 Å². The first kappa shape index (κ1) is 19.5. The molecule has 0 aliphatic carbocycles. The number of aromatic nitrogens is 3. The van der Waals surface area contributed by atoms with Crippen molar-refractivity contribution in [1.82, 2.24) is 19.6 Å². The standard InChI is InChI=1S/C24H23FN4O2/c1-28-14-18(20-9-2-3-10-21(20)28)13-22(30)29-11-5-7-17(15-29)24-26-23(27-31-24)16-6-4-8-19(25)12-16/h2-4,6,8-10,12,14,17H,5,7,11,13,15H2,1H3. The molecular weight excluding hydrogens is 395 g/mol. The molecule has 1 fully saturated rings. The van der Waals surface area contributed by atoms with Crippen LogP contribution >= 0.6 is 0 Å². The fourth-order valence-corrected chi connectivity index (χ4v) is 4.39. The zero-order chi connectivity index (χ0) is 21.4. The molecule has 0 spiro atoms. The number of rotatable bonds is 4. The Morgan fingerprint density at radius 2 is 2.10 bits per heavy atom. The molecule has 0 saturated carbocycles. The lowest BCUT2D eigenvalue weighted by atomic mass is 9.97. The molecule has 1 aliphatic rings. The lowest BCUT2D eigenvalue weighted by molar-refractivity contribution is -0.131. The quantitative estimate of drug-likeness (QED) is 0.495. The van der Waals surface area contributed by atoms with Gasteiger partial charge in [-0.05, 0) is 36.6 Å². The number of piperidine rings is 1. The van der Waals surface area contributed by atoms with Crippen molar-refractivity contribution in [2.24, 2.45) is 7.05 Å². The molecule has 2 aromatic heterocycles. The summed E-state index contributed by atoms with van der Waals surface area (Å²) in [6.07, 6.45) is 4.16. The number of carbonyl (C=O) groups excluding carboxylic acids is 1. The maximum absolute atomic E-state index is 13.5. The number of hydrogen-bond donors (Lipinski definition) is 0. The van der Waals surface area contributed by atoms with Crippen LogP contribution in [0.15, 0.2) is 59.3 Å². The van der Waals surface area contributed by atoms with Gasteiger partial charge in [-0.2, -0.15) is 4.98 Å². The first-order chi connectivity index (χ1) is 15.1. The monoisotopic (exact) mass is 418 g/mol. The largest absolute Gasteiger partial charge is 0.350 e. The van der Waals surface area contributed by atoms with Crippen molar-refractivity contribution in [3.63, 3.8) is 0 Å². The Morgan fingerprint density at radius 3 is 2.97 bits per heavy atom. The van der Waals surface area contributed by atoms with Crippen molar-refractivity contribution >= 4 is 16.8 Å². The van der Waals surface area contributed by atoms with Crippen molar-refractivity contribution < 1.29 is 13.7 Å². The van der Waals surface area contributed by atoms with E-state index in [0.717, 1.165) is 35.9 Å². The summed E-state index contributed by atoms with van der Waals surface area (Å²) in [5.41, 5.74) is 2.74. The minimum atomic E-state index is -0.341. The Morgan fingerprint density at radius 1 is 1.23 bits per heavy atom. The average Bonchev–Trinajstić information content (AvgIpc) is 3.40. The van der Waals surface area contributed by atoms with Gasteiger partial charge < -0.3 is 14.0 Å². The molecule has 0 bridgehead atoms. The van der Waals surface area contributed by atoms with Crippen LogP contribution in [0.2, 0.25) is 0 Å². The lowest BCUT2D eigenvalue weighted by Crippen LogP contribution is -2.40. The van der Waals surface area contributed by atoms with Gasteiger partial charge in [0.05, 0.1) is 12.3 Å². The molecule has 1 atom stereocenters. The Hall–Kier alpha value is -3.48. The molecule has 7 heteroatoms. The van der Waals surface area contributed by atoms with Gasteiger partial charge in [-0.1, -0.05) is 35.5 Å². The number of nitrogens with zero attached hydrogens (tertiary/aromatic N) is 4. The van der Waals surface area contributed by atoms with E-state index in [1.165, 1.54) is 12.1 Å². The van der Waals surface area contributed by atoms with E-state index >= 15 is 0 Å². The van der Waals surface area contributed by atoms with Crippen molar-refractivity contribution in [3.05, 3.63) is 72.0 Å².